The van der Waals surface area contributed by atoms with Gasteiger partial charge in [-0.3, -0.25) is 14.6 Å². The lowest BCUT2D eigenvalue weighted by molar-refractivity contribution is -0.134. The molecule has 8 nitrogen and oxygen atoms in total. The number of aliphatic carboxylic acids is 1. The van der Waals surface area contributed by atoms with Crippen molar-refractivity contribution in [1.29, 1.82) is 0 Å². The number of carbonyl (C=O) groups is 1. The van der Waals surface area contributed by atoms with Crippen molar-refractivity contribution in [3.05, 3.63) is 51.9 Å². The third-order valence-electron chi connectivity index (χ3n) is 2.48. The third kappa shape index (κ3) is 6.89. The van der Waals surface area contributed by atoms with E-state index in [0.29, 0.717) is 17.4 Å². The van der Waals surface area contributed by atoms with Crippen molar-refractivity contribution in [1.82, 2.24) is 9.97 Å². The average Bonchev–Trinajstić information content (AvgIpc) is 2.44. The number of anilines is 1. The van der Waals surface area contributed by atoms with Gasteiger partial charge in [-0.2, -0.15) is 5.10 Å². The number of phenolic OH excluding ortho intramolecular Hbond substituents is 1. The Labute approximate surface area is 132 Å². The Morgan fingerprint density at radius 2 is 1.83 bits per heavy atom. The van der Waals surface area contributed by atoms with Gasteiger partial charge in [-0.1, -0.05) is 0 Å². The highest BCUT2D eigenvalue weighted by atomic mass is 16.4. The number of nitrogens with zero attached hydrogens (tertiary/aromatic N) is 2. The molecule has 0 bridgehead atoms. The van der Waals surface area contributed by atoms with Crippen LogP contribution in [0.3, 0.4) is 0 Å². The summed E-state index contributed by atoms with van der Waals surface area (Å²) >= 11 is 0. The number of hydrogen-bond donors (Lipinski definition) is 4. The van der Waals surface area contributed by atoms with Crippen LogP contribution in [0.4, 0.5) is 5.95 Å². The highest BCUT2D eigenvalue weighted by molar-refractivity contribution is 5.99. The molecule has 4 N–H and O–H groups in total. The van der Waals surface area contributed by atoms with Gasteiger partial charge in [0.2, 0.25) is 5.95 Å². The fourth-order valence-electron chi connectivity index (χ4n) is 1.54. The van der Waals surface area contributed by atoms with Crippen molar-refractivity contribution in [3.63, 3.8) is 0 Å². The third-order valence-corrected chi connectivity index (χ3v) is 2.48. The minimum atomic E-state index is -0.833. The molecule has 1 aromatic carbocycles. The zero-order valence-corrected chi connectivity index (χ0v) is 13.0. The number of aryl methyl sites for hydroxylation is 1. The predicted octanol–water partition coefficient (Wildman–Crippen LogP) is 1.71. The summed E-state index contributed by atoms with van der Waals surface area (Å²) in [5.74, 6) is -0.336. The summed E-state index contributed by atoms with van der Waals surface area (Å²) in [6, 6.07) is 8.08. The van der Waals surface area contributed by atoms with Gasteiger partial charge in [0.15, 0.2) is 0 Å². The number of phenols is 1. The number of H-pyrrole nitrogens is 1. The summed E-state index contributed by atoms with van der Waals surface area (Å²) in [4.78, 5) is 26.9. The van der Waals surface area contributed by atoms with E-state index in [2.05, 4.69) is 20.5 Å². The number of aromatic nitrogens is 2. The summed E-state index contributed by atoms with van der Waals surface area (Å²) in [6.45, 7) is 4.63. The Balaban J connectivity index is 0.000000593. The molecule has 23 heavy (non-hydrogen) atoms. The van der Waals surface area contributed by atoms with Crippen molar-refractivity contribution in [3.8, 4) is 5.75 Å². The minimum absolute atomic E-state index is 0.203. The van der Waals surface area contributed by atoms with Gasteiger partial charge in [0, 0.05) is 18.7 Å². The van der Waals surface area contributed by atoms with Crippen molar-refractivity contribution >= 4 is 17.6 Å². The first-order chi connectivity index (χ1) is 10.8. The predicted molar refractivity (Wildman–Crippen MR) is 86.8 cm³/mol. The van der Waals surface area contributed by atoms with Crippen LogP contribution in [0.15, 0.2) is 40.2 Å². The lowest BCUT2D eigenvalue weighted by atomic mass is 10.1. The molecule has 122 valence electrons. The maximum absolute atomic E-state index is 11.3. The van der Waals surface area contributed by atoms with E-state index in [9.17, 15) is 9.90 Å². The highest BCUT2D eigenvalue weighted by Crippen LogP contribution is 2.10. The smallest absolute Gasteiger partial charge is 0.300 e. The summed E-state index contributed by atoms with van der Waals surface area (Å²) in [5.41, 5.74) is 4.66. The van der Waals surface area contributed by atoms with E-state index < -0.39 is 5.97 Å². The Kier molecular flexibility index (Phi) is 6.47. The standard InChI is InChI=1S/C13H14N4O2.C2H4O2/c1-8-7-12(19)15-13(14-8)17-16-9(2)10-3-5-11(18)6-4-10;1-2(3)4/h3-7,18H,1-2H3,(H2,14,15,17,19);1H3,(H,3,4)/b16-9-;. The van der Waals surface area contributed by atoms with Gasteiger partial charge in [0.1, 0.15) is 5.75 Å². The van der Waals surface area contributed by atoms with E-state index >= 15 is 0 Å². The molecule has 0 aliphatic heterocycles. The van der Waals surface area contributed by atoms with Crippen molar-refractivity contribution < 1.29 is 15.0 Å². The molecule has 1 aromatic heterocycles. The number of carboxylic acids is 1. The molecule has 2 aromatic rings. The molecular weight excluding hydrogens is 300 g/mol. The second-order valence-electron chi connectivity index (χ2n) is 4.61. The van der Waals surface area contributed by atoms with E-state index in [0.717, 1.165) is 12.5 Å². The molecule has 0 atom stereocenters. The van der Waals surface area contributed by atoms with Crippen molar-refractivity contribution in [2.45, 2.75) is 20.8 Å². The summed E-state index contributed by atoms with van der Waals surface area (Å²) in [5, 5.41) is 20.7. The van der Waals surface area contributed by atoms with Gasteiger partial charge in [-0.05, 0) is 43.7 Å². The van der Waals surface area contributed by atoms with Crippen LogP contribution in [0, 0.1) is 6.92 Å². The molecule has 0 aliphatic carbocycles. The zero-order chi connectivity index (χ0) is 17.4. The van der Waals surface area contributed by atoms with Crippen LogP contribution in [0.2, 0.25) is 0 Å². The number of carboxylic acid groups (broad SMARTS) is 1. The number of hydrogen-bond acceptors (Lipinski definition) is 6. The highest BCUT2D eigenvalue weighted by Gasteiger charge is 1.99. The second-order valence-corrected chi connectivity index (χ2v) is 4.61. The van der Waals surface area contributed by atoms with Crippen LogP contribution in [-0.4, -0.2) is 31.9 Å². The summed E-state index contributed by atoms with van der Waals surface area (Å²) in [6.07, 6.45) is 0. The molecule has 0 radical (unpaired) electrons. The lowest BCUT2D eigenvalue weighted by Crippen LogP contribution is -2.11. The fraction of sp³-hybridized carbons (Fsp3) is 0.200. The molecule has 0 fully saturated rings. The quantitative estimate of drug-likeness (QED) is 0.504. The largest absolute Gasteiger partial charge is 0.508 e. The average molecular weight is 318 g/mol. The monoisotopic (exact) mass is 318 g/mol. The maximum Gasteiger partial charge on any atom is 0.300 e. The van der Waals surface area contributed by atoms with Crippen LogP contribution in [0.5, 0.6) is 5.75 Å². The van der Waals surface area contributed by atoms with E-state index in [1.165, 1.54) is 6.07 Å². The second kappa shape index (κ2) is 8.32. The van der Waals surface area contributed by atoms with Crippen LogP contribution < -0.4 is 11.0 Å². The van der Waals surface area contributed by atoms with Crippen LogP contribution >= 0.6 is 0 Å². The first-order valence-electron chi connectivity index (χ1n) is 6.65. The topological polar surface area (TPSA) is 128 Å². The molecule has 0 aliphatic rings. The zero-order valence-electron chi connectivity index (χ0n) is 13.0. The number of hydrazone groups is 1. The lowest BCUT2D eigenvalue weighted by Gasteiger charge is -2.03. The molecule has 0 spiro atoms. The van der Waals surface area contributed by atoms with Crippen molar-refractivity contribution in [2.24, 2.45) is 5.10 Å². The maximum atomic E-state index is 11.3. The minimum Gasteiger partial charge on any atom is -0.508 e. The van der Waals surface area contributed by atoms with E-state index in [1.54, 1.807) is 31.2 Å². The first-order valence-corrected chi connectivity index (χ1v) is 6.65. The molecular formula is C15H18N4O4. The Hall–Kier alpha value is -3.16. The first kappa shape index (κ1) is 17.9. The number of aromatic amines is 1. The van der Waals surface area contributed by atoms with Gasteiger partial charge >= 0.3 is 0 Å². The van der Waals surface area contributed by atoms with Crippen molar-refractivity contribution in [2.75, 3.05) is 5.43 Å². The normalized spacial score (nSPS) is 10.5. The molecule has 1 heterocycles. The van der Waals surface area contributed by atoms with E-state index in [-0.39, 0.29) is 11.3 Å². The summed E-state index contributed by atoms with van der Waals surface area (Å²) < 4.78 is 0. The molecule has 0 unspecified atom stereocenters. The molecule has 2 rings (SSSR count). The SMILES string of the molecule is C/C(=N/Nc1nc(C)cc(=O)[nH]1)c1ccc(O)cc1.CC(=O)O. The molecule has 0 amide bonds. The van der Waals surface area contributed by atoms with Crippen LogP contribution in [0.1, 0.15) is 25.1 Å². The van der Waals surface area contributed by atoms with Gasteiger partial charge < -0.3 is 10.2 Å². The van der Waals surface area contributed by atoms with Gasteiger partial charge in [0.05, 0.1) is 5.71 Å². The van der Waals surface area contributed by atoms with Gasteiger partial charge in [0.25, 0.3) is 11.5 Å². The molecule has 8 heteroatoms. The fourth-order valence-corrected chi connectivity index (χ4v) is 1.54. The van der Waals surface area contributed by atoms with E-state index in [4.69, 9.17) is 9.90 Å². The number of benzene rings is 1. The molecule has 0 saturated heterocycles. The molecule has 0 saturated carbocycles. The van der Waals surface area contributed by atoms with Crippen LogP contribution in [0.25, 0.3) is 0 Å². The number of aromatic hydroxyl groups is 1. The Bertz CT molecular complexity index is 747. The van der Waals surface area contributed by atoms with Gasteiger partial charge in [-0.15, -0.1) is 0 Å². The van der Waals surface area contributed by atoms with Gasteiger partial charge in [-0.25, -0.2) is 10.4 Å². The van der Waals surface area contributed by atoms with E-state index in [1.807, 2.05) is 6.92 Å². The Morgan fingerprint density at radius 3 is 2.35 bits per heavy atom. The summed E-state index contributed by atoms with van der Waals surface area (Å²) in [7, 11) is 0. The number of rotatable bonds is 3. The van der Waals surface area contributed by atoms with Crippen LogP contribution in [-0.2, 0) is 4.79 Å². The number of nitrogens with one attached hydrogen (secondary N) is 2. The Morgan fingerprint density at radius 1 is 1.26 bits per heavy atom.